The zero-order valence-electron chi connectivity index (χ0n) is 32.0. The average Bonchev–Trinajstić information content (AvgIpc) is 3.17. The molecule has 0 saturated carbocycles. The number of rotatable bonds is 14. The van der Waals surface area contributed by atoms with Gasteiger partial charge in [0.05, 0.1) is 6.61 Å². The second kappa shape index (κ2) is 19.3. The number of aromatic nitrogens is 2. The number of likely N-dealkylation sites (tertiary alicyclic amines) is 1. The van der Waals surface area contributed by atoms with Crippen LogP contribution in [-0.2, 0) is 25.6 Å². The number of amides is 3. The fraction of sp³-hybridized carbons (Fsp3) is 0.512. The van der Waals surface area contributed by atoms with Crippen molar-refractivity contribution in [2.45, 2.75) is 90.5 Å². The van der Waals surface area contributed by atoms with Crippen molar-refractivity contribution in [3.63, 3.8) is 0 Å². The zero-order valence-corrected chi connectivity index (χ0v) is 32.0. The van der Waals surface area contributed by atoms with Gasteiger partial charge in [-0.3, -0.25) is 19.3 Å². The van der Waals surface area contributed by atoms with E-state index in [-0.39, 0.29) is 49.5 Å². The molecule has 2 fully saturated rings. The van der Waals surface area contributed by atoms with Gasteiger partial charge in [-0.25, -0.2) is 9.78 Å². The summed E-state index contributed by atoms with van der Waals surface area (Å²) in [6.07, 6.45) is 2.71. The molecule has 13 nitrogen and oxygen atoms in total. The number of nitrogens with zero attached hydrogens (tertiary/aromatic N) is 5. The van der Waals surface area contributed by atoms with Crippen LogP contribution >= 0.6 is 0 Å². The highest BCUT2D eigenvalue weighted by Crippen LogP contribution is 2.24. The maximum atomic E-state index is 14.0. The first-order valence-electron chi connectivity index (χ1n) is 19.1. The van der Waals surface area contributed by atoms with Gasteiger partial charge in [-0.15, -0.1) is 0 Å². The van der Waals surface area contributed by atoms with Crippen LogP contribution in [0, 0.1) is 0 Å². The number of carbonyl (C=O) groups excluding carboxylic acids is 4. The van der Waals surface area contributed by atoms with Crippen LogP contribution in [0.4, 0.5) is 4.79 Å². The SMILES string of the molecule is CCCCOC(=O)N1CCN(C(=O)[C@H](CCC(=O)OC(C)(C)C)NC(=O)c2cc(OC3CCN(Cc4ccccc4)CC3)nc(-c3ccccc3)n2)CC1. The normalized spacial score (nSPS) is 16.0. The molecule has 5 rings (SSSR count). The minimum absolute atomic E-state index is 0.0142. The van der Waals surface area contributed by atoms with Crippen molar-refractivity contribution in [1.82, 2.24) is 30.0 Å². The first-order valence-corrected chi connectivity index (χ1v) is 19.1. The zero-order chi connectivity index (χ0) is 38.5. The predicted molar refractivity (Wildman–Crippen MR) is 204 cm³/mol. The summed E-state index contributed by atoms with van der Waals surface area (Å²) in [7, 11) is 0. The smallest absolute Gasteiger partial charge is 0.409 e. The molecule has 1 atom stereocenters. The third-order valence-corrected chi connectivity index (χ3v) is 9.27. The van der Waals surface area contributed by atoms with Gasteiger partial charge in [-0.2, -0.15) is 4.98 Å². The highest BCUT2D eigenvalue weighted by molar-refractivity contribution is 5.97. The van der Waals surface area contributed by atoms with E-state index in [2.05, 4.69) is 32.3 Å². The van der Waals surface area contributed by atoms with Crippen molar-refractivity contribution >= 4 is 23.9 Å². The Morgan fingerprint density at radius 3 is 2.17 bits per heavy atom. The van der Waals surface area contributed by atoms with Gasteiger partial charge in [-0.1, -0.05) is 74.0 Å². The maximum absolute atomic E-state index is 14.0. The number of piperazine rings is 1. The number of hydrogen-bond acceptors (Lipinski definition) is 10. The second-order valence-electron chi connectivity index (χ2n) is 14.8. The third kappa shape index (κ3) is 12.3. The Morgan fingerprint density at radius 1 is 0.870 bits per heavy atom. The highest BCUT2D eigenvalue weighted by Gasteiger charge is 2.32. The molecule has 290 valence electrons. The Labute approximate surface area is 318 Å². The summed E-state index contributed by atoms with van der Waals surface area (Å²) >= 11 is 0. The van der Waals surface area contributed by atoms with Crippen LogP contribution in [0.15, 0.2) is 66.7 Å². The predicted octanol–water partition coefficient (Wildman–Crippen LogP) is 5.49. The van der Waals surface area contributed by atoms with Crippen LogP contribution in [0.2, 0.25) is 0 Å². The summed E-state index contributed by atoms with van der Waals surface area (Å²) in [6, 6.07) is 20.2. The van der Waals surface area contributed by atoms with Crippen molar-refractivity contribution in [3.05, 3.63) is 78.0 Å². The average molecular weight is 743 g/mol. The number of ether oxygens (including phenoxy) is 3. The summed E-state index contributed by atoms with van der Waals surface area (Å²) < 4.78 is 17.2. The molecular formula is C41H54N6O7. The number of esters is 1. The number of piperidine rings is 1. The summed E-state index contributed by atoms with van der Waals surface area (Å²) in [4.78, 5) is 68.1. The van der Waals surface area contributed by atoms with E-state index in [9.17, 15) is 19.2 Å². The molecule has 0 radical (unpaired) electrons. The van der Waals surface area contributed by atoms with Crippen molar-refractivity contribution in [2.75, 3.05) is 45.9 Å². The first kappa shape index (κ1) is 40.2. The van der Waals surface area contributed by atoms with E-state index in [1.54, 1.807) is 30.6 Å². The Bertz CT molecular complexity index is 1680. The molecule has 3 amide bonds. The Balaban J connectivity index is 1.29. The fourth-order valence-corrected chi connectivity index (χ4v) is 6.38. The topological polar surface area (TPSA) is 144 Å². The molecule has 2 aliphatic rings. The van der Waals surface area contributed by atoms with Gasteiger partial charge in [0.2, 0.25) is 11.8 Å². The van der Waals surface area contributed by atoms with Gasteiger partial charge in [0.15, 0.2) is 5.82 Å². The van der Waals surface area contributed by atoms with Crippen LogP contribution in [-0.4, -0.2) is 112 Å². The van der Waals surface area contributed by atoms with Crippen LogP contribution in [0.1, 0.15) is 82.3 Å². The lowest BCUT2D eigenvalue weighted by Gasteiger charge is -2.36. The largest absolute Gasteiger partial charge is 0.474 e. The minimum Gasteiger partial charge on any atom is -0.474 e. The van der Waals surface area contributed by atoms with E-state index in [1.807, 2.05) is 55.5 Å². The lowest BCUT2D eigenvalue weighted by Crippen LogP contribution is -2.56. The van der Waals surface area contributed by atoms with Gasteiger partial charge in [-0.05, 0) is 52.0 Å². The minimum atomic E-state index is -1.05. The molecule has 0 aliphatic carbocycles. The van der Waals surface area contributed by atoms with Gasteiger partial charge in [0, 0.05) is 63.9 Å². The standard InChI is InChI=1S/C41H54N6O7/c1-5-6-27-52-40(51)47-25-23-46(24-26-47)39(50)33(17-18-36(48)54-41(2,3)4)43-38(49)34-28-35(44-37(42-34)31-15-11-8-12-16-31)53-32-19-21-45(22-20-32)29-30-13-9-7-10-14-30/h7-16,28,32-33H,5-6,17-27,29H2,1-4H3,(H,43,49)/t33-/m0/s1. The molecule has 3 heterocycles. The quantitative estimate of drug-likeness (QED) is 0.167. The lowest BCUT2D eigenvalue weighted by molar-refractivity contribution is -0.155. The molecular weight excluding hydrogens is 688 g/mol. The van der Waals surface area contributed by atoms with Gasteiger partial charge >= 0.3 is 12.1 Å². The van der Waals surface area contributed by atoms with Crippen LogP contribution in [0.3, 0.4) is 0 Å². The lowest BCUT2D eigenvalue weighted by atomic mass is 10.1. The Morgan fingerprint density at radius 2 is 1.52 bits per heavy atom. The van der Waals surface area contributed by atoms with Crippen molar-refractivity contribution in [3.8, 4) is 17.3 Å². The molecule has 1 N–H and O–H groups in total. The number of unbranched alkanes of at least 4 members (excludes halogenated alkanes) is 1. The Hall–Kier alpha value is -5.04. The van der Waals surface area contributed by atoms with Crippen molar-refractivity contribution in [1.29, 1.82) is 0 Å². The molecule has 2 saturated heterocycles. The maximum Gasteiger partial charge on any atom is 0.409 e. The first-order chi connectivity index (χ1) is 26.0. The van der Waals surface area contributed by atoms with E-state index < -0.39 is 29.6 Å². The molecule has 2 aliphatic heterocycles. The van der Waals surface area contributed by atoms with Gasteiger partial charge < -0.3 is 29.3 Å². The number of nitrogens with one attached hydrogen (secondary N) is 1. The van der Waals surface area contributed by atoms with Crippen LogP contribution < -0.4 is 10.1 Å². The van der Waals surface area contributed by atoms with E-state index >= 15 is 0 Å². The van der Waals surface area contributed by atoms with Crippen LogP contribution in [0.5, 0.6) is 5.88 Å². The van der Waals surface area contributed by atoms with E-state index in [0.29, 0.717) is 31.1 Å². The second-order valence-corrected chi connectivity index (χ2v) is 14.8. The molecule has 2 aromatic carbocycles. The molecule has 3 aromatic rings. The number of hydrogen-bond donors (Lipinski definition) is 1. The van der Waals surface area contributed by atoms with Crippen molar-refractivity contribution in [2.24, 2.45) is 0 Å². The van der Waals surface area contributed by atoms with E-state index in [1.165, 1.54) is 11.6 Å². The fourth-order valence-electron chi connectivity index (χ4n) is 6.38. The number of carbonyl (C=O) groups is 4. The van der Waals surface area contributed by atoms with Gasteiger partial charge in [0.25, 0.3) is 5.91 Å². The molecule has 1 aromatic heterocycles. The van der Waals surface area contributed by atoms with Crippen molar-refractivity contribution < 1.29 is 33.4 Å². The van der Waals surface area contributed by atoms with Gasteiger partial charge in [0.1, 0.15) is 23.4 Å². The third-order valence-electron chi connectivity index (χ3n) is 9.27. The van der Waals surface area contributed by atoms with Crippen LogP contribution in [0.25, 0.3) is 11.4 Å². The van der Waals surface area contributed by atoms with E-state index in [0.717, 1.165) is 45.3 Å². The highest BCUT2D eigenvalue weighted by atomic mass is 16.6. The molecule has 54 heavy (non-hydrogen) atoms. The molecule has 0 spiro atoms. The molecule has 0 bridgehead atoms. The monoisotopic (exact) mass is 742 g/mol. The summed E-state index contributed by atoms with van der Waals surface area (Å²) in [5.41, 5.74) is 1.31. The summed E-state index contributed by atoms with van der Waals surface area (Å²) in [6.45, 7) is 11.4. The summed E-state index contributed by atoms with van der Waals surface area (Å²) in [5.74, 6) is -0.847. The summed E-state index contributed by atoms with van der Waals surface area (Å²) in [5, 5.41) is 2.86. The molecule has 13 heteroatoms. The van der Waals surface area contributed by atoms with E-state index in [4.69, 9.17) is 14.2 Å². The Kier molecular flexibility index (Phi) is 14.4. The molecule has 0 unspecified atom stereocenters. The number of benzene rings is 2.